The van der Waals surface area contributed by atoms with E-state index in [2.05, 4.69) is 44.8 Å². The lowest BCUT2D eigenvalue weighted by Crippen LogP contribution is -2.49. The van der Waals surface area contributed by atoms with E-state index in [9.17, 15) is 4.79 Å². The molecule has 0 aromatic heterocycles. The van der Waals surface area contributed by atoms with Crippen molar-refractivity contribution in [3.8, 4) is 0 Å². The van der Waals surface area contributed by atoms with Gasteiger partial charge in [-0.1, -0.05) is 29.4 Å². The molecule has 156 valence electrons. The first kappa shape index (κ1) is 19.8. The van der Waals surface area contributed by atoms with Crippen LogP contribution in [0.4, 0.5) is 0 Å². The van der Waals surface area contributed by atoms with Gasteiger partial charge in [0.1, 0.15) is 6.10 Å². The van der Waals surface area contributed by atoms with Crippen molar-refractivity contribution in [3.63, 3.8) is 0 Å². The molecule has 0 spiro atoms. The number of hydrogen-bond donors (Lipinski definition) is 2. The number of nitrogens with one attached hydrogen (secondary N) is 1. The van der Waals surface area contributed by atoms with Crippen LogP contribution in [-0.2, 0) is 9.63 Å². The Labute approximate surface area is 171 Å². The third-order valence-electron chi connectivity index (χ3n) is 5.64. The molecule has 29 heavy (non-hydrogen) atoms. The lowest BCUT2D eigenvalue weighted by molar-refractivity contribution is -0.138. The number of benzene rings is 1. The summed E-state index contributed by atoms with van der Waals surface area (Å²) in [5.41, 5.74) is 6.24. The van der Waals surface area contributed by atoms with Crippen LogP contribution >= 0.6 is 0 Å². The Bertz CT molecular complexity index is 752. The molecule has 8 heteroatoms. The van der Waals surface area contributed by atoms with Gasteiger partial charge in [0.25, 0.3) is 0 Å². The minimum Gasteiger partial charge on any atom is -0.480 e. The topological polar surface area (TPSA) is 89.8 Å². The molecule has 1 saturated carbocycles. The number of carboxylic acids is 1. The normalized spacial score (nSPS) is 23.2. The molecule has 2 heterocycles. The van der Waals surface area contributed by atoms with Crippen LogP contribution in [0.3, 0.4) is 0 Å². The van der Waals surface area contributed by atoms with E-state index in [-0.39, 0.29) is 12.6 Å². The molecule has 1 atom stereocenters. The van der Waals surface area contributed by atoms with E-state index in [0.29, 0.717) is 0 Å². The Morgan fingerprint density at radius 3 is 2.62 bits per heavy atom. The highest BCUT2D eigenvalue weighted by Gasteiger charge is 2.27. The van der Waals surface area contributed by atoms with Crippen LogP contribution in [-0.4, -0.2) is 84.7 Å². The molecule has 0 bridgehead atoms. The summed E-state index contributed by atoms with van der Waals surface area (Å²) in [5, 5.41) is 17.5. The van der Waals surface area contributed by atoms with Gasteiger partial charge in [0, 0.05) is 45.7 Å². The van der Waals surface area contributed by atoms with Crippen molar-refractivity contribution in [1.82, 2.24) is 15.2 Å². The van der Waals surface area contributed by atoms with Crippen molar-refractivity contribution in [2.24, 2.45) is 16.2 Å². The van der Waals surface area contributed by atoms with Gasteiger partial charge in [0.05, 0.1) is 18.5 Å². The zero-order valence-electron chi connectivity index (χ0n) is 16.7. The van der Waals surface area contributed by atoms with Crippen LogP contribution < -0.4 is 5.43 Å². The molecular weight excluding hydrogens is 370 g/mol. The molecule has 1 aromatic rings. The van der Waals surface area contributed by atoms with Crippen molar-refractivity contribution < 1.29 is 14.7 Å². The van der Waals surface area contributed by atoms with Gasteiger partial charge in [-0.2, -0.15) is 5.10 Å². The maximum atomic E-state index is 10.8. The average Bonchev–Trinajstić information content (AvgIpc) is 3.43. The van der Waals surface area contributed by atoms with E-state index in [1.807, 2.05) is 11.1 Å². The molecule has 4 rings (SSSR count). The van der Waals surface area contributed by atoms with E-state index in [0.717, 1.165) is 68.4 Å². The van der Waals surface area contributed by atoms with Gasteiger partial charge in [-0.05, 0) is 29.9 Å². The third kappa shape index (κ3) is 6.01. The second-order valence-corrected chi connectivity index (χ2v) is 8.13. The van der Waals surface area contributed by atoms with Crippen molar-refractivity contribution in [1.29, 1.82) is 0 Å². The molecule has 0 amide bonds. The highest BCUT2D eigenvalue weighted by atomic mass is 16.6. The molecule has 1 saturated heterocycles. The lowest BCUT2D eigenvalue weighted by Gasteiger charge is -2.34. The van der Waals surface area contributed by atoms with Crippen LogP contribution in [0, 0.1) is 5.92 Å². The Morgan fingerprint density at radius 1 is 1.21 bits per heavy atom. The van der Waals surface area contributed by atoms with Crippen molar-refractivity contribution in [2.45, 2.75) is 25.4 Å². The van der Waals surface area contributed by atoms with Gasteiger partial charge in [0.15, 0.2) is 0 Å². The fraction of sp³-hybridized carbons (Fsp3) is 0.571. The quantitative estimate of drug-likeness (QED) is 0.479. The van der Waals surface area contributed by atoms with Gasteiger partial charge in [0.2, 0.25) is 0 Å². The maximum Gasteiger partial charge on any atom is 0.317 e. The first-order valence-corrected chi connectivity index (χ1v) is 10.4. The number of carbonyl (C=O) groups is 1. The van der Waals surface area contributed by atoms with Crippen LogP contribution in [0.5, 0.6) is 0 Å². The van der Waals surface area contributed by atoms with Gasteiger partial charge < -0.3 is 15.4 Å². The summed E-state index contributed by atoms with van der Waals surface area (Å²) in [7, 11) is 0. The molecule has 3 aliphatic rings. The highest BCUT2D eigenvalue weighted by Crippen LogP contribution is 2.27. The average molecular weight is 399 g/mol. The Morgan fingerprint density at radius 2 is 1.93 bits per heavy atom. The molecule has 1 aromatic carbocycles. The molecule has 2 N–H and O–H groups in total. The molecule has 1 aliphatic carbocycles. The van der Waals surface area contributed by atoms with Crippen molar-refractivity contribution >= 4 is 17.9 Å². The molecule has 0 radical (unpaired) electrons. The Hall–Kier alpha value is -2.45. The first-order valence-electron chi connectivity index (χ1n) is 10.4. The monoisotopic (exact) mass is 399 g/mol. The van der Waals surface area contributed by atoms with Crippen LogP contribution in [0.1, 0.15) is 30.4 Å². The number of aliphatic carboxylic acids is 1. The standard InChI is InChI=1S/C21H29N5O3/c27-21(28)15-26-9-7-25(8-10-26)14-19-11-20(24-29-19)18-5-3-17(4-6-18)13-23-22-12-16-1-2-16/h3-6,13,16,19,22H,1-2,7-12,14-15H2,(H,27,28). The van der Waals surface area contributed by atoms with Crippen LogP contribution in [0.2, 0.25) is 0 Å². The van der Waals surface area contributed by atoms with Gasteiger partial charge in [-0.15, -0.1) is 0 Å². The van der Waals surface area contributed by atoms with Crippen molar-refractivity contribution in [3.05, 3.63) is 35.4 Å². The molecular formula is C21H29N5O3. The maximum absolute atomic E-state index is 10.8. The predicted molar refractivity (Wildman–Crippen MR) is 111 cm³/mol. The second-order valence-electron chi connectivity index (χ2n) is 8.13. The zero-order chi connectivity index (χ0) is 20.1. The predicted octanol–water partition coefficient (Wildman–Crippen LogP) is 1.22. The smallest absolute Gasteiger partial charge is 0.317 e. The second kappa shape index (κ2) is 9.37. The van der Waals surface area contributed by atoms with Crippen LogP contribution in [0.25, 0.3) is 0 Å². The van der Waals surface area contributed by atoms with Gasteiger partial charge >= 0.3 is 5.97 Å². The molecule has 2 aliphatic heterocycles. The minimum absolute atomic E-state index is 0.0592. The molecule has 2 fully saturated rings. The number of hydrazone groups is 1. The molecule has 1 unspecified atom stereocenters. The summed E-state index contributed by atoms with van der Waals surface area (Å²) in [6, 6.07) is 8.24. The van der Waals surface area contributed by atoms with Gasteiger partial charge in [-0.25, -0.2) is 0 Å². The third-order valence-corrected chi connectivity index (χ3v) is 5.64. The highest BCUT2D eigenvalue weighted by molar-refractivity contribution is 6.01. The summed E-state index contributed by atoms with van der Waals surface area (Å²) >= 11 is 0. The number of carboxylic acid groups (broad SMARTS) is 1. The zero-order valence-corrected chi connectivity index (χ0v) is 16.7. The minimum atomic E-state index is -0.762. The van der Waals surface area contributed by atoms with Crippen molar-refractivity contribution in [2.75, 3.05) is 45.8 Å². The van der Waals surface area contributed by atoms with Crippen LogP contribution in [0.15, 0.2) is 34.5 Å². The number of rotatable bonds is 9. The largest absolute Gasteiger partial charge is 0.480 e. The summed E-state index contributed by atoms with van der Waals surface area (Å²) in [6.07, 6.45) is 5.36. The summed E-state index contributed by atoms with van der Waals surface area (Å²) in [6.45, 7) is 5.22. The lowest BCUT2D eigenvalue weighted by atomic mass is 10.0. The summed E-state index contributed by atoms with van der Waals surface area (Å²) in [4.78, 5) is 20.8. The summed E-state index contributed by atoms with van der Waals surface area (Å²) in [5.74, 6) is 0.0545. The van der Waals surface area contributed by atoms with E-state index < -0.39 is 5.97 Å². The Balaban J connectivity index is 1.19. The van der Waals surface area contributed by atoms with E-state index >= 15 is 0 Å². The van der Waals surface area contributed by atoms with E-state index in [1.165, 1.54) is 12.8 Å². The summed E-state index contributed by atoms with van der Waals surface area (Å²) < 4.78 is 0. The Kier molecular flexibility index (Phi) is 6.41. The van der Waals surface area contributed by atoms with E-state index in [4.69, 9.17) is 9.94 Å². The van der Waals surface area contributed by atoms with E-state index in [1.54, 1.807) is 0 Å². The van der Waals surface area contributed by atoms with Gasteiger partial charge in [-0.3, -0.25) is 14.6 Å². The number of oxime groups is 1. The number of piperazine rings is 1. The first-order chi connectivity index (χ1) is 14.2. The fourth-order valence-corrected chi connectivity index (χ4v) is 3.69. The fourth-order valence-electron chi connectivity index (χ4n) is 3.69. The number of nitrogens with zero attached hydrogens (tertiary/aromatic N) is 4. The number of hydrogen-bond acceptors (Lipinski definition) is 7. The SMILES string of the molecule is O=C(O)CN1CCN(CC2CC(c3ccc(C=NNCC4CC4)cc3)=NO2)CC1. The molecule has 8 nitrogen and oxygen atoms in total.